The van der Waals surface area contributed by atoms with Gasteiger partial charge >= 0.3 is 15.4 Å². The number of carbonyl (C=O) groups excluding carboxylic acids is 8. The van der Waals surface area contributed by atoms with E-state index < -0.39 is 71.1 Å². The highest BCUT2D eigenvalue weighted by Gasteiger charge is 2.45. The Morgan fingerprint density at radius 3 is 1.62 bits per heavy atom. The third kappa shape index (κ3) is 38.8. The summed E-state index contributed by atoms with van der Waals surface area (Å²) < 4.78 is 73.1. The van der Waals surface area contributed by atoms with E-state index in [2.05, 4.69) is 30.9 Å². The van der Waals surface area contributed by atoms with Gasteiger partial charge in [0.15, 0.2) is 11.5 Å². The minimum atomic E-state index is -4.94. The largest absolute Gasteiger partial charge is 0.472 e. The molecule has 2 fully saturated rings. The molecule has 4 amide bonds. The van der Waals surface area contributed by atoms with Crippen LogP contribution in [0.25, 0.3) is 11.2 Å². The molecule has 2 aliphatic rings. The number of likely N-dealkylation sites (tertiary alicyclic amines) is 1. The average molecular weight is 1510 g/mol. The van der Waals surface area contributed by atoms with Gasteiger partial charge in [0.1, 0.15) is 65.3 Å². The molecular weight excluding hydrogens is 1390 g/mol. The first-order chi connectivity index (χ1) is 49.5. The lowest BCUT2D eigenvalue weighted by Crippen LogP contribution is -2.58. The molecule has 35 heteroatoms. The predicted octanol–water partition coefficient (Wildman–Crippen LogP) is 5.45. The van der Waals surface area contributed by atoms with Gasteiger partial charge in [0.05, 0.1) is 71.3 Å². The van der Waals surface area contributed by atoms with E-state index in [1.165, 1.54) is 29.2 Å². The minimum absolute atomic E-state index is 0.00120. The average Bonchev–Trinajstić information content (AvgIpc) is 1.64. The van der Waals surface area contributed by atoms with Crippen molar-refractivity contribution in [1.29, 1.82) is 0 Å². The van der Waals surface area contributed by atoms with Gasteiger partial charge in [-0.25, -0.2) is 19.5 Å². The van der Waals surface area contributed by atoms with E-state index in [1.54, 1.807) is 0 Å². The molecule has 2 aromatic heterocycles. The fraction of sp³-hybridized carbons (Fsp3) is 0.809. The number of aliphatic hydroxyl groups is 4. The van der Waals surface area contributed by atoms with Crippen molar-refractivity contribution in [3.63, 3.8) is 0 Å². The van der Waals surface area contributed by atoms with Crippen molar-refractivity contribution in [1.82, 2.24) is 40.4 Å². The number of nitrogens with one attached hydrogen (secondary N) is 3. The third-order valence-electron chi connectivity index (χ3n) is 17.5. The molecule has 3 unspecified atom stereocenters. The fourth-order valence-electron chi connectivity index (χ4n) is 11.8. The van der Waals surface area contributed by atoms with Crippen molar-refractivity contribution < 1.29 is 115 Å². The molecule has 2 aromatic rings. The van der Waals surface area contributed by atoms with Crippen molar-refractivity contribution in [2.45, 2.75) is 248 Å². The number of carbonyl (C=O) groups is 8. The monoisotopic (exact) mass is 1510 g/mol. The number of β-amino-alcohol motifs (C(OH)–C–C–N with tert-alkyl or cyclic N) is 1. The highest BCUT2D eigenvalue weighted by atomic mass is 31.2. The van der Waals surface area contributed by atoms with Crippen molar-refractivity contribution >= 4 is 79.2 Å². The Morgan fingerprint density at radius 1 is 0.583 bits per heavy atom. The molecule has 0 aromatic carbocycles. The van der Waals surface area contributed by atoms with Crippen LogP contribution < -0.4 is 21.7 Å². The summed E-state index contributed by atoms with van der Waals surface area (Å²) in [5.74, 6) is -0.801. The number of nitrogen functional groups attached to an aromatic ring is 1. The smallest absolute Gasteiger partial charge is 0.396 e. The summed E-state index contributed by atoms with van der Waals surface area (Å²) in [6.45, 7) is -0.696. The first-order valence-corrected chi connectivity index (χ1v) is 39.9. The van der Waals surface area contributed by atoms with Crippen LogP contribution in [0.2, 0.25) is 0 Å². The van der Waals surface area contributed by atoms with Crippen molar-refractivity contribution in [2.75, 3.05) is 112 Å². The third-order valence-corrected chi connectivity index (χ3v) is 19.6. The molecule has 0 radical (unpaired) electrons. The lowest BCUT2D eigenvalue weighted by molar-refractivity contribution is -0.133. The number of ketones is 4. The van der Waals surface area contributed by atoms with Crippen molar-refractivity contribution in [2.24, 2.45) is 0 Å². The second kappa shape index (κ2) is 51.9. The number of phosphoric ester groups is 1. The molecule has 103 heavy (non-hydrogen) atoms. The maximum atomic E-state index is 14.0. The maximum absolute atomic E-state index is 14.0. The second-order valence-electron chi connectivity index (χ2n) is 26.5. The van der Waals surface area contributed by atoms with E-state index in [9.17, 15) is 62.4 Å². The number of nitrogens with zero attached hydrogens (tertiary/aromatic N) is 5. The number of hydrogen-bond acceptors (Lipinski definition) is 26. The van der Waals surface area contributed by atoms with Gasteiger partial charge in [-0.2, -0.15) is 0 Å². The van der Waals surface area contributed by atoms with E-state index in [4.69, 9.17) is 58.3 Å². The molecule has 8 atom stereocenters. The van der Waals surface area contributed by atoms with Crippen LogP contribution in [-0.2, 0) is 84.7 Å². The Hall–Kier alpha value is -5.19. The molecule has 11 N–H and O–H groups in total. The number of fused-ring (bicyclic) bond motifs is 1. The number of aliphatic hydroxyl groups excluding tert-OH is 4. The SMILES string of the molecule is COCP(=O)(O)OC[C@H]1O[C@@H](n2cnc3c(N)ncnc32)C[C@@H]1OP(=O)(O)OC[C@@H]1C[C@@H](O)CN1C(=O)CCCCCCCCC(=O)NC(COCCC(=O)CCCCCC(=O)CCCCO)(COCCC(=O)CCCCNC(=O)CCCCO)COCCC(=O)NCCCCC(=O)CCCCO. The summed E-state index contributed by atoms with van der Waals surface area (Å²) in [4.78, 5) is 138. The van der Waals surface area contributed by atoms with E-state index in [1.807, 2.05) is 0 Å². The number of unbranched alkanes of at least 4 members (excludes halogenated alkanes) is 12. The number of imidazole rings is 1. The molecule has 4 heterocycles. The van der Waals surface area contributed by atoms with Crippen LogP contribution in [0, 0.1) is 0 Å². The molecule has 0 spiro atoms. The molecule has 33 nitrogen and oxygen atoms in total. The van der Waals surface area contributed by atoms with E-state index in [0.29, 0.717) is 161 Å². The van der Waals surface area contributed by atoms with Gasteiger partial charge in [-0.05, 0) is 96.3 Å². The van der Waals surface area contributed by atoms with Gasteiger partial charge in [-0.3, -0.25) is 56.5 Å². The Kier molecular flexibility index (Phi) is 45.5. The number of Topliss-reactive ketones (excluding diaryl/α,β-unsaturated/α-hetero) is 4. The second-order valence-corrected chi connectivity index (χ2v) is 29.7. The zero-order chi connectivity index (χ0) is 75.1. The summed E-state index contributed by atoms with van der Waals surface area (Å²) in [6, 6.07) is -0.780. The molecule has 2 saturated heterocycles. The summed E-state index contributed by atoms with van der Waals surface area (Å²) in [5, 5.41) is 46.4. The van der Waals surface area contributed by atoms with Gasteiger partial charge in [0, 0.05) is 130 Å². The van der Waals surface area contributed by atoms with E-state index >= 15 is 0 Å². The normalized spacial score (nSPS) is 18.5. The highest BCUT2D eigenvalue weighted by Crippen LogP contribution is 2.50. The number of methoxy groups -OCH3 is 1. The van der Waals surface area contributed by atoms with Crippen LogP contribution >= 0.6 is 15.4 Å². The van der Waals surface area contributed by atoms with Gasteiger partial charge in [0.25, 0.3) is 0 Å². The fourth-order valence-corrected chi connectivity index (χ4v) is 13.6. The molecule has 588 valence electrons. The summed E-state index contributed by atoms with van der Waals surface area (Å²) >= 11 is 0. The van der Waals surface area contributed by atoms with Gasteiger partial charge in [-0.1, -0.05) is 32.1 Å². The maximum Gasteiger partial charge on any atom is 0.472 e. The van der Waals surface area contributed by atoms with Crippen molar-refractivity contribution in [3.8, 4) is 0 Å². The van der Waals surface area contributed by atoms with Crippen LogP contribution in [0.5, 0.6) is 0 Å². The molecule has 2 aliphatic heterocycles. The number of amides is 4. The van der Waals surface area contributed by atoms with Crippen LogP contribution in [0.15, 0.2) is 12.7 Å². The van der Waals surface area contributed by atoms with E-state index in [0.717, 1.165) is 12.8 Å². The Bertz CT molecular complexity index is 2810. The van der Waals surface area contributed by atoms with Gasteiger partial charge in [0.2, 0.25) is 23.6 Å². The Morgan fingerprint density at radius 2 is 1.06 bits per heavy atom. The quantitative estimate of drug-likeness (QED) is 0.0291. The van der Waals surface area contributed by atoms with Crippen LogP contribution in [0.3, 0.4) is 0 Å². The lowest BCUT2D eigenvalue weighted by atomic mass is 10.0. The zero-order valence-electron chi connectivity index (χ0n) is 60.2. The Labute approximate surface area is 604 Å². The van der Waals surface area contributed by atoms with Crippen molar-refractivity contribution in [3.05, 3.63) is 12.7 Å². The first kappa shape index (κ1) is 90.2. The van der Waals surface area contributed by atoms with Crippen LogP contribution in [0.1, 0.15) is 218 Å². The summed E-state index contributed by atoms with van der Waals surface area (Å²) in [6.07, 6.45) is 12.1. The standard InChI is InChI=1S/C68H117N9O24P2/c1-94-51-102(90,91)98-45-59-58(42-64(100-59)77-50-74-65-66(69)72-49-73-67(65)77)101-103(92,93)99-44-52-41-57(85)43-76(52)63(89)29-10-5-3-2-4-9-28-62(88)75-68(46-95-38-30-55(83)22-8-6-7-21-53(81)25-13-18-35-78,47-96-39-31-56(84)24-12-17-33-70-60(86)27-15-20-37-80)48-97-40-32-61(87)71-34-16-11-23-54(82)26-14-19-36-79/h49-50,52,57-59,64,78-80,85H,2-48,51H2,1H3,(H,70,86)(H,71,87)(H,75,88)(H,90,91)(H,92,93)(H2,69,72,73)/t52-,57+,58-,59+,64+,68?/m0/s1. The lowest BCUT2D eigenvalue weighted by Gasteiger charge is -2.34. The number of hydrogen-bond donors (Lipinski definition) is 10. The Balaban J connectivity index is 1.31. The van der Waals surface area contributed by atoms with Crippen LogP contribution in [-0.4, -0.2) is 237 Å². The van der Waals surface area contributed by atoms with E-state index in [-0.39, 0.29) is 181 Å². The number of anilines is 1. The first-order valence-electron chi connectivity index (χ1n) is 36.7. The topological polar surface area (TPSA) is 475 Å². The zero-order valence-corrected chi connectivity index (χ0v) is 62.0. The minimum Gasteiger partial charge on any atom is -0.396 e. The molecule has 0 saturated carbocycles. The number of aromatic nitrogens is 4. The molecule has 0 bridgehead atoms. The number of ether oxygens (including phenoxy) is 5. The van der Waals surface area contributed by atoms with Gasteiger partial charge in [-0.15, -0.1) is 0 Å². The molecule has 0 aliphatic carbocycles. The van der Waals surface area contributed by atoms with Crippen LogP contribution in [0.4, 0.5) is 5.82 Å². The molecular formula is C68H117N9O24P2. The number of nitrogens with two attached hydrogens (primary N) is 1. The van der Waals surface area contributed by atoms with Gasteiger partial charge < -0.3 is 85.0 Å². The highest BCUT2D eigenvalue weighted by molar-refractivity contribution is 7.52. The predicted molar refractivity (Wildman–Crippen MR) is 376 cm³/mol. The molecule has 4 rings (SSSR count). The number of rotatable bonds is 64. The summed E-state index contributed by atoms with van der Waals surface area (Å²) in [7, 11) is -8.00. The number of phosphoric acid groups is 1. The summed E-state index contributed by atoms with van der Waals surface area (Å²) in [5.41, 5.74) is 5.19.